The van der Waals surface area contributed by atoms with Gasteiger partial charge in [0.05, 0.1) is 12.0 Å². The average Bonchev–Trinajstić information content (AvgIpc) is 2.87. The van der Waals surface area contributed by atoms with Crippen LogP contribution in [0.3, 0.4) is 0 Å². The molecule has 0 bridgehead atoms. The number of rotatable bonds is 3. The minimum absolute atomic E-state index is 0.211. The molecule has 80 valence electrons. The number of aliphatic carboxylic acids is 1. The topological polar surface area (TPSA) is 46.5 Å². The van der Waals surface area contributed by atoms with Gasteiger partial charge in [-0.2, -0.15) is 0 Å². The molecule has 0 radical (unpaired) electrons. The number of hydrogen-bond acceptors (Lipinski definition) is 2. The van der Waals surface area contributed by atoms with Gasteiger partial charge in [-0.3, -0.25) is 4.79 Å². The fourth-order valence-corrected chi connectivity index (χ4v) is 2.38. The first-order chi connectivity index (χ1) is 7.12. The highest BCUT2D eigenvalue weighted by molar-refractivity contribution is 5.79. The molecule has 0 aliphatic heterocycles. The first kappa shape index (κ1) is 10.2. The Morgan fingerprint density at radius 3 is 2.40 bits per heavy atom. The summed E-state index contributed by atoms with van der Waals surface area (Å²) in [5.74, 6) is -1.21. The summed E-state index contributed by atoms with van der Waals surface area (Å²) in [6.07, 6.45) is -0.211. The molecule has 1 N–H and O–H groups in total. The SMILES string of the molecule is CO[C@@H]1[C@@H](C(=O)O)[C@]1(C)c1ccccc1. The third-order valence-corrected chi connectivity index (χ3v) is 3.35. The lowest BCUT2D eigenvalue weighted by Crippen LogP contribution is -2.11. The predicted octanol–water partition coefficient (Wildman–Crippen LogP) is 1.67. The van der Waals surface area contributed by atoms with E-state index in [-0.39, 0.29) is 11.5 Å². The summed E-state index contributed by atoms with van der Waals surface area (Å²) in [7, 11) is 1.56. The second kappa shape index (κ2) is 3.35. The molecule has 0 heterocycles. The van der Waals surface area contributed by atoms with Crippen LogP contribution in [0.2, 0.25) is 0 Å². The fourth-order valence-electron chi connectivity index (χ4n) is 2.38. The zero-order chi connectivity index (χ0) is 11.1. The molecule has 1 aliphatic carbocycles. The van der Waals surface area contributed by atoms with Crippen LogP contribution >= 0.6 is 0 Å². The molecule has 3 nitrogen and oxygen atoms in total. The highest BCUT2D eigenvalue weighted by atomic mass is 16.5. The van der Waals surface area contributed by atoms with Gasteiger partial charge in [0.1, 0.15) is 0 Å². The standard InChI is InChI=1S/C12H14O3/c1-12(8-6-4-3-5-7-8)9(11(13)14)10(12)15-2/h3-7,9-10H,1-2H3,(H,13,14)/t9-,10+,12-/m0/s1. The lowest BCUT2D eigenvalue weighted by molar-refractivity contribution is -0.139. The van der Waals surface area contributed by atoms with E-state index >= 15 is 0 Å². The maximum Gasteiger partial charge on any atom is 0.310 e. The van der Waals surface area contributed by atoms with Crippen LogP contribution in [0, 0.1) is 5.92 Å². The largest absolute Gasteiger partial charge is 0.481 e. The van der Waals surface area contributed by atoms with Crippen molar-refractivity contribution in [2.24, 2.45) is 5.92 Å². The van der Waals surface area contributed by atoms with E-state index in [1.54, 1.807) is 7.11 Å². The smallest absolute Gasteiger partial charge is 0.310 e. The molecule has 0 amide bonds. The summed E-state index contributed by atoms with van der Waals surface area (Å²) in [6, 6.07) is 9.67. The van der Waals surface area contributed by atoms with Crippen molar-refractivity contribution in [1.82, 2.24) is 0 Å². The van der Waals surface area contributed by atoms with Crippen molar-refractivity contribution in [1.29, 1.82) is 0 Å². The molecule has 3 atom stereocenters. The van der Waals surface area contributed by atoms with Gasteiger partial charge in [0.2, 0.25) is 0 Å². The summed E-state index contributed by atoms with van der Waals surface area (Å²) in [4.78, 5) is 11.0. The Morgan fingerprint density at radius 2 is 2.00 bits per heavy atom. The second-order valence-corrected chi connectivity index (χ2v) is 4.12. The zero-order valence-corrected chi connectivity index (χ0v) is 8.81. The van der Waals surface area contributed by atoms with E-state index in [1.165, 1.54) is 0 Å². The quantitative estimate of drug-likeness (QED) is 0.818. The monoisotopic (exact) mass is 206 g/mol. The number of methoxy groups -OCH3 is 1. The molecule has 1 aliphatic rings. The lowest BCUT2D eigenvalue weighted by Gasteiger charge is -2.10. The van der Waals surface area contributed by atoms with E-state index < -0.39 is 11.9 Å². The molecule has 1 aromatic carbocycles. The highest BCUT2D eigenvalue weighted by Crippen LogP contribution is 2.55. The van der Waals surface area contributed by atoms with E-state index in [4.69, 9.17) is 9.84 Å². The number of ether oxygens (including phenoxy) is 1. The summed E-state index contributed by atoms with van der Waals surface area (Å²) in [5.41, 5.74) is 0.659. The number of carboxylic acid groups (broad SMARTS) is 1. The van der Waals surface area contributed by atoms with Crippen molar-refractivity contribution in [3.05, 3.63) is 35.9 Å². The lowest BCUT2D eigenvalue weighted by atomic mass is 9.95. The van der Waals surface area contributed by atoms with Gasteiger partial charge >= 0.3 is 5.97 Å². The Balaban J connectivity index is 2.33. The Hall–Kier alpha value is -1.35. The van der Waals surface area contributed by atoms with Crippen LogP contribution < -0.4 is 0 Å². The highest BCUT2D eigenvalue weighted by Gasteiger charge is 2.67. The Bertz CT molecular complexity index is 374. The fraction of sp³-hybridized carbons (Fsp3) is 0.417. The molecular weight excluding hydrogens is 192 g/mol. The predicted molar refractivity (Wildman–Crippen MR) is 55.7 cm³/mol. The first-order valence-corrected chi connectivity index (χ1v) is 4.93. The first-order valence-electron chi connectivity index (χ1n) is 4.93. The van der Waals surface area contributed by atoms with Gasteiger partial charge < -0.3 is 9.84 Å². The number of carbonyl (C=O) groups is 1. The van der Waals surface area contributed by atoms with Gasteiger partial charge in [-0.15, -0.1) is 0 Å². The Morgan fingerprint density at radius 1 is 1.40 bits per heavy atom. The van der Waals surface area contributed by atoms with Gasteiger partial charge in [0.15, 0.2) is 0 Å². The third kappa shape index (κ3) is 1.35. The number of benzene rings is 1. The van der Waals surface area contributed by atoms with E-state index in [0.29, 0.717) is 0 Å². The van der Waals surface area contributed by atoms with Crippen LogP contribution in [0.4, 0.5) is 0 Å². The average molecular weight is 206 g/mol. The van der Waals surface area contributed by atoms with Crippen LogP contribution in [0.25, 0.3) is 0 Å². The molecule has 1 aromatic rings. The Labute approximate surface area is 88.7 Å². The molecule has 0 spiro atoms. The molecule has 1 saturated carbocycles. The molecule has 0 unspecified atom stereocenters. The van der Waals surface area contributed by atoms with Gasteiger partial charge in [0.25, 0.3) is 0 Å². The van der Waals surface area contributed by atoms with Crippen LogP contribution in [0.5, 0.6) is 0 Å². The maximum absolute atomic E-state index is 11.0. The van der Waals surface area contributed by atoms with Crippen molar-refractivity contribution in [3.8, 4) is 0 Å². The van der Waals surface area contributed by atoms with Gasteiger partial charge in [-0.25, -0.2) is 0 Å². The maximum atomic E-state index is 11.0. The molecule has 1 fully saturated rings. The van der Waals surface area contributed by atoms with Gasteiger partial charge in [-0.05, 0) is 5.56 Å². The molecule has 0 saturated heterocycles. The minimum Gasteiger partial charge on any atom is -0.481 e. The molecule has 2 rings (SSSR count). The second-order valence-electron chi connectivity index (χ2n) is 4.12. The van der Waals surface area contributed by atoms with Crippen LogP contribution in [-0.4, -0.2) is 24.3 Å². The molecule has 0 aromatic heterocycles. The molecule has 15 heavy (non-hydrogen) atoms. The summed E-state index contributed by atoms with van der Waals surface area (Å²) in [5, 5.41) is 9.07. The Kier molecular flexibility index (Phi) is 2.27. The van der Waals surface area contributed by atoms with Crippen molar-refractivity contribution in [3.63, 3.8) is 0 Å². The van der Waals surface area contributed by atoms with E-state index in [1.807, 2.05) is 37.3 Å². The summed E-state index contributed by atoms with van der Waals surface area (Å²) < 4.78 is 5.22. The van der Waals surface area contributed by atoms with Gasteiger partial charge in [0, 0.05) is 12.5 Å². The van der Waals surface area contributed by atoms with Crippen LogP contribution in [-0.2, 0) is 14.9 Å². The van der Waals surface area contributed by atoms with E-state index in [2.05, 4.69) is 0 Å². The van der Waals surface area contributed by atoms with Crippen LogP contribution in [0.15, 0.2) is 30.3 Å². The number of hydrogen-bond donors (Lipinski definition) is 1. The summed E-state index contributed by atoms with van der Waals surface area (Å²) in [6.45, 7) is 1.94. The van der Waals surface area contributed by atoms with Crippen molar-refractivity contribution in [2.75, 3.05) is 7.11 Å². The van der Waals surface area contributed by atoms with Gasteiger partial charge in [-0.1, -0.05) is 37.3 Å². The van der Waals surface area contributed by atoms with Crippen molar-refractivity contribution >= 4 is 5.97 Å². The van der Waals surface area contributed by atoms with Crippen LogP contribution in [0.1, 0.15) is 12.5 Å². The van der Waals surface area contributed by atoms with Crippen molar-refractivity contribution in [2.45, 2.75) is 18.4 Å². The third-order valence-electron chi connectivity index (χ3n) is 3.35. The van der Waals surface area contributed by atoms with E-state index in [0.717, 1.165) is 5.56 Å². The van der Waals surface area contributed by atoms with Crippen molar-refractivity contribution < 1.29 is 14.6 Å². The number of carboxylic acids is 1. The zero-order valence-electron chi connectivity index (χ0n) is 8.81. The summed E-state index contributed by atoms with van der Waals surface area (Å²) >= 11 is 0. The normalized spacial score (nSPS) is 33.7. The molecular formula is C12H14O3. The minimum atomic E-state index is -0.784. The van der Waals surface area contributed by atoms with E-state index in [9.17, 15) is 4.79 Å². The molecule has 3 heteroatoms.